The molecule has 0 bridgehead atoms. The van der Waals surface area contributed by atoms with E-state index in [2.05, 4.69) is 11.4 Å². The Morgan fingerprint density at radius 2 is 1.88 bits per heavy atom. The van der Waals surface area contributed by atoms with Crippen LogP contribution in [0.3, 0.4) is 0 Å². The predicted octanol–water partition coefficient (Wildman–Crippen LogP) is 4.41. The molecule has 2 atom stereocenters. The Morgan fingerprint density at radius 1 is 1.04 bits per heavy atom. The number of ketones is 1. The van der Waals surface area contributed by atoms with Gasteiger partial charge in [-0.2, -0.15) is 0 Å². The number of hydrogen-bond acceptors (Lipinski definition) is 3. The molecule has 5 heteroatoms. The largest absolute Gasteiger partial charge is 0.329 e. The molecule has 1 amide bonds. The number of rotatable bonds is 2. The SMILES string of the molecule is O=C1C[C@@H](c2ccccc2Cl)C2=C(C[C@@H](c3cccs3)CC2=O)N1. The van der Waals surface area contributed by atoms with Gasteiger partial charge in [0.15, 0.2) is 5.78 Å². The smallest absolute Gasteiger partial charge is 0.225 e. The fraction of sp³-hybridized carbons (Fsp3) is 0.263. The van der Waals surface area contributed by atoms with E-state index in [1.54, 1.807) is 11.3 Å². The van der Waals surface area contributed by atoms with E-state index < -0.39 is 0 Å². The zero-order valence-corrected chi connectivity index (χ0v) is 14.5. The van der Waals surface area contributed by atoms with Gasteiger partial charge in [0.2, 0.25) is 5.91 Å². The summed E-state index contributed by atoms with van der Waals surface area (Å²) in [5.41, 5.74) is 2.39. The first kappa shape index (κ1) is 15.6. The minimum Gasteiger partial charge on any atom is -0.329 e. The molecule has 4 rings (SSSR count). The number of amides is 1. The van der Waals surface area contributed by atoms with E-state index in [1.807, 2.05) is 35.7 Å². The molecule has 2 heterocycles. The van der Waals surface area contributed by atoms with Crippen molar-refractivity contribution in [2.24, 2.45) is 0 Å². The summed E-state index contributed by atoms with van der Waals surface area (Å²) in [5.74, 6) is -0.00125. The Kier molecular flexibility index (Phi) is 4.02. The summed E-state index contributed by atoms with van der Waals surface area (Å²) in [4.78, 5) is 26.3. The van der Waals surface area contributed by atoms with Crippen LogP contribution in [0.25, 0.3) is 0 Å². The monoisotopic (exact) mass is 357 g/mol. The van der Waals surface area contributed by atoms with Crippen LogP contribution in [0.4, 0.5) is 0 Å². The molecule has 3 nitrogen and oxygen atoms in total. The van der Waals surface area contributed by atoms with E-state index in [0.29, 0.717) is 17.9 Å². The highest BCUT2D eigenvalue weighted by molar-refractivity contribution is 7.10. The van der Waals surface area contributed by atoms with Crippen LogP contribution in [0, 0.1) is 0 Å². The number of benzene rings is 1. The number of hydrogen-bond donors (Lipinski definition) is 1. The molecule has 1 aromatic carbocycles. The van der Waals surface area contributed by atoms with Gasteiger partial charge >= 0.3 is 0 Å². The molecule has 122 valence electrons. The average molecular weight is 358 g/mol. The van der Waals surface area contributed by atoms with E-state index in [1.165, 1.54) is 4.88 Å². The Bertz CT molecular complexity index is 841. The zero-order valence-electron chi connectivity index (χ0n) is 12.9. The molecule has 0 unspecified atom stereocenters. The molecular formula is C19H16ClNO2S. The summed E-state index contributed by atoms with van der Waals surface area (Å²) in [6.45, 7) is 0. The number of thiophene rings is 1. The topological polar surface area (TPSA) is 46.2 Å². The second-order valence-corrected chi connectivity index (χ2v) is 7.65. The maximum absolute atomic E-state index is 12.9. The summed E-state index contributed by atoms with van der Waals surface area (Å²) in [6, 6.07) is 11.5. The van der Waals surface area contributed by atoms with E-state index in [0.717, 1.165) is 16.8 Å². The van der Waals surface area contributed by atoms with Crippen LogP contribution in [0.15, 0.2) is 53.0 Å². The molecule has 0 saturated carbocycles. The summed E-state index contributed by atoms with van der Waals surface area (Å²) in [7, 11) is 0. The third-order valence-electron chi connectivity index (χ3n) is 4.76. The molecule has 1 aliphatic carbocycles. The van der Waals surface area contributed by atoms with Crippen molar-refractivity contribution >= 4 is 34.6 Å². The zero-order chi connectivity index (χ0) is 16.7. The molecule has 0 saturated heterocycles. The highest BCUT2D eigenvalue weighted by Crippen LogP contribution is 2.44. The molecule has 24 heavy (non-hydrogen) atoms. The highest BCUT2D eigenvalue weighted by atomic mass is 35.5. The molecule has 0 radical (unpaired) electrons. The lowest BCUT2D eigenvalue weighted by atomic mass is 9.75. The van der Waals surface area contributed by atoms with Crippen molar-refractivity contribution in [1.29, 1.82) is 0 Å². The van der Waals surface area contributed by atoms with Gasteiger partial charge in [-0.25, -0.2) is 0 Å². The second-order valence-electron chi connectivity index (χ2n) is 6.26. The summed E-state index contributed by atoms with van der Waals surface area (Å²) in [5, 5.41) is 5.57. The average Bonchev–Trinajstić information content (AvgIpc) is 3.08. The van der Waals surface area contributed by atoms with Crippen LogP contribution < -0.4 is 5.32 Å². The van der Waals surface area contributed by atoms with Crippen LogP contribution in [0.1, 0.15) is 41.5 Å². The number of carbonyl (C=O) groups excluding carboxylic acids is 2. The maximum atomic E-state index is 12.9. The summed E-state index contributed by atoms with van der Waals surface area (Å²) < 4.78 is 0. The predicted molar refractivity (Wildman–Crippen MR) is 95.3 cm³/mol. The normalized spacial score (nSPS) is 23.9. The molecule has 0 fully saturated rings. The van der Waals surface area contributed by atoms with Crippen molar-refractivity contribution in [2.75, 3.05) is 0 Å². The van der Waals surface area contributed by atoms with Crippen molar-refractivity contribution in [3.63, 3.8) is 0 Å². The molecule has 1 aromatic heterocycles. The number of Topliss-reactive ketones (excluding diaryl/α,β-unsaturated/α-hetero) is 1. The minimum absolute atomic E-state index is 0.0432. The van der Waals surface area contributed by atoms with Gasteiger partial charge in [-0.1, -0.05) is 35.9 Å². The van der Waals surface area contributed by atoms with Gasteiger partial charge in [0.25, 0.3) is 0 Å². The Labute approximate surface area is 149 Å². The molecule has 0 spiro atoms. The number of carbonyl (C=O) groups is 2. The van der Waals surface area contributed by atoms with Crippen molar-refractivity contribution < 1.29 is 9.59 Å². The van der Waals surface area contributed by atoms with Gasteiger partial charge in [-0.05, 0) is 29.5 Å². The third-order valence-corrected chi connectivity index (χ3v) is 6.14. The van der Waals surface area contributed by atoms with Crippen molar-refractivity contribution in [3.05, 3.63) is 68.5 Å². The lowest BCUT2D eigenvalue weighted by Crippen LogP contribution is -2.38. The van der Waals surface area contributed by atoms with E-state index in [-0.39, 0.29) is 29.9 Å². The fourth-order valence-corrected chi connectivity index (χ4v) is 4.81. The summed E-state index contributed by atoms with van der Waals surface area (Å²) in [6.07, 6.45) is 1.47. The maximum Gasteiger partial charge on any atom is 0.225 e. The standard InChI is InChI=1S/C19H16ClNO2S/c20-14-5-2-1-4-12(14)13-10-18(23)21-15-8-11(9-16(22)19(13)15)17-6-3-7-24-17/h1-7,11,13H,8-10H2,(H,21,23)/t11-,13+/m1/s1. The van der Waals surface area contributed by atoms with Gasteiger partial charge in [0.1, 0.15) is 0 Å². The molecule has 2 aliphatic rings. The van der Waals surface area contributed by atoms with E-state index in [9.17, 15) is 9.59 Å². The quantitative estimate of drug-likeness (QED) is 0.865. The lowest BCUT2D eigenvalue weighted by Gasteiger charge is -2.34. The highest BCUT2D eigenvalue weighted by Gasteiger charge is 2.38. The first-order valence-corrected chi connectivity index (χ1v) is 9.23. The Hall–Kier alpha value is -1.91. The van der Waals surface area contributed by atoms with Crippen LogP contribution >= 0.6 is 22.9 Å². The van der Waals surface area contributed by atoms with E-state index in [4.69, 9.17) is 11.6 Å². The van der Waals surface area contributed by atoms with Crippen LogP contribution in [-0.2, 0) is 9.59 Å². The molecular weight excluding hydrogens is 342 g/mol. The van der Waals surface area contributed by atoms with Gasteiger partial charge in [0, 0.05) is 45.8 Å². The molecule has 1 N–H and O–H groups in total. The first-order chi connectivity index (χ1) is 11.6. The van der Waals surface area contributed by atoms with Crippen LogP contribution in [-0.4, -0.2) is 11.7 Å². The number of halogens is 1. The van der Waals surface area contributed by atoms with Gasteiger partial charge in [0.05, 0.1) is 0 Å². The van der Waals surface area contributed by atoms with Crippen molar-refractivity contribution in [2.45, 2.75) is 31.1 Å². The van der Waals surface area contributed by atoms with Crippen molar-refractivity contribution in [3.8, 4) is 0 Å². The lowest BCUT2D eigenvalue weighted by molar-refractivity contribution is -0.122. The summed E-state index contributed by atoms with van der Waals surface area (Å²) >= 11 is 7.99. The third kappa shape index (κ3) is 2.70. The number of nitrogens with one attached hydrogen (secondary N) is 1. The molecule has 2 aromatic rings. The first-order valence-electron chi connectivity index (χ1n) is 7.97. The van der Waals surface area contributed by atoms with Crippen molar-refractivity contribution in [1.82, 2.24) is 5.32 Å². The van der Waals surface area contributed by atoms with Gasteiger partial charge in [-0.15, -0.1) is 11.3 Å². The molecule has 1 aliphatic heterocycles. The fourth-order valence-electron chi connectivity index (χ4n) is 3.71. The van der Waals surface area contributed by atoms with Crippen LogP contribution in [0.2, 0.25) is 5.02 Å². The van der Waals surface area contributed by atoms with E-state index >= 15 is 0 Å². The van der Waals surface area contributed by atoms with Crippen LogP contribution in [0.5, 0.6) is 0 Å². The van der Waals surface area contributed by atoms with Gasteiger partial charge < -0.3 is 5.32 Å². The number of allylic oxidation sites excluding steroid dienone is 2. The van der Waals surface area contributed by atoms with Gasteiger partial charge in [-0.3, -0.25) is 9.59 Å². The minimum atomic E-state index is -0.237. The second kappa shape index (κ2) is 6.19. The Morgan fingerprint density at radius 3 is 2.62 bits per heavy atom. The Balaban J connectivity index is 1.76.